The Morgan fingerprint density at radius 3 is 2.36 bits per heavy atom. The van der Waals surface area contributed by atoms with Gasteiger partial charge in [-0.15, -0.1) is 23.1 Å². The van der Waals surface area contributed by atoms with E-state index in [2.05, 4.69) is 4.98 Å². The summed E-state index contributed by atoms with van der Waals surface area (Å²) in [6.07, 6.45) is -2.86. The van der Waals surface area contributed by atoms with Gasteiger partial charge >= 0.3 is 6.18 Å². The van der Waals surface area contributed by atoms with Crippen molar-refractivity contribution in [1.29, 1.82) is 0 Å². The summed E-state index contributed by atoms with van der Waals surface area (Å²) in [4.78, 5) is 17.8. The number of hydrogen-bond acceptors (Lipinski definition) is 4. The van der Waals surface area contributed by atoms with E-state index in [1.165, 1.54) is 23.9 Å². The minimum atomic E-state index is -4.73. The van der Waals surface area contributed by atoms with Gasteiger partial charge in [-0.3, -0.25) is 9.36 Å². The highest BCUT2D eigenvalue weighted by atomic mass is 32.2. The minimum absolute atomic E-state index is 0.0207. The standard InChI is InChI=1S/C17H15F3N2OS2/c1-9(2)12-8-25-14-13(12)15(23)22(16(21-14)17(18,19)20)10-4-6-11(24-3)7-5-10/h4-9H,1-3H3. The zero-order valence-corrected chi connectivity index (χ0v) is 15.4. The van der Waals surface area contributed by atoms with Crippen LogP contribution in [-0.4, -0.2) is 15.8 Å². The molecular weight excluding hydrogens is 369 g/mol. The van der Waals surface area contributed by atoms with Crippen molar-refractivity contribution in [1.82, 2.24) is 9.55 Å². The second-order valence-corrected chi connectivity index (χ2v) is 7.54. The highest BCUT2D eigenvalue weighted by molar-refractivity contribution is 7.98. The maximum atomic E-state index is 13.5. The number of hydrogen-bond donors (Lipinski definition) is 0. The molecule has 0 amide bonds. The molecule has 0 saturated heterocycles. The number of fused-ring (bicyclic) bond motifs is 1. The number of thioether (sulfide) groups is 1. The van der Waals surface area contributed by atoms with Gasteiger partial charge in [0.05, 0.1) is 11.1 Å². The maximum Gasteiger partial charge on any atom is 0.450 e. The van der Waals surface area contributed by atoms with Gasteiger partial charge in [0, 0.05) is 4.90 Å². The summed E-state index contributed by atoms with van der Waals surface area (Å²) in [6, 6.07) is 6.40. The second-order valence-electron chi connectivity index (χ2n) is 5.80. The fraction of sp³-hybridized carbons (Fsp3) is 0.294. The van der Waals surface area contributed by atoms with Crippen LogP contribution in [0.3, 0.4) is 0 Å². The van der Waals surface area contributed by atoms with E-state index in [9.17, 15) is 18.0 Å². The Labute approximate surface area is 150 Å². The van der Waals surface area contributed by atoms with Gasteiger partial charge in [-0.25, -0.2) is 4.98 Å². The fourth-order valence-corrected chi connectivity index (χ4v) is 4.10. The van der Waals surface area contributed by atoms with Crippen LogP contribution in [0.2, 0.25) is 0 Å². The van der Waals surface area contributed by atoms with Gasteiger partial charge in [0.15, 0.2) is 0 Å². The molecule has 0 spiro atoms. The Balaban J connectivity index is 2.39. The Morgan fingerprint density at radius 1 is 1.20 bits per heavy atom. The molecule has 0 fully saturated rings. The van der Waals surface area contributed by atoms with E-state index in [1.54, 1.807) is 17.5 Å². The maximum absolute atomic E-state index is 13.5. The van der Waals surface area contributed by atoms with Crippen LogP contribution in [0.1, 0.15) is 31.2 Å². The number of benzene rings is 1. The summed E-state index contributed by atoms with van der Waals surface area (Å²) in [5.74, 6) is -1.17. The van der Waals surface area contributed by atoms with Crippen LogP contribution in [0.4, 0.5) is 13.2 Å². The first-order valence-corrected chi connectivity index (χ1v) is 9.60. The molecule has 0 bridgehead atoms. The van der Waals surface area contributed by atoms with Crippen molar-refractivity contribution in [3.05, 3.63) is 51.4 Å². The summed E-state index contributed by atoms with van der Waals surface area (Å²) in [7, 11) is 0. The average Bonchev–Trinajstić information content (AvgIpc) is 2.99. The van der Waals surface area contributed by atoms with Crippen molar-refractivity contribution in [3.8, 4) is 5.69 Å². The third kappa shape index (κ3) is 3.20. The molecule has 2 aromatic heterocycles. The second kappa shape index (κ2) is 6.49. The van der Waals surface area contributed by atoms with E-state index in [0.29, 0.717) is 4.57 Å². The van der Waals surface area contributed by atoms with Gasteiger partial charge in [0.2, 0.25) is 5.82 Å². The monoisotopic (exact) mass is 384 g/mol. The van der Waals surface area contributed by atoms with Crippen molar-refractivity contribution in [3.63, 3.8) is 0 Å². The number of thiophene rings is 1. The van der Waals surface area contributed by atoms with Crippen molar-refractivity contribution >= 4 is 33.3 Å². The molecule has 0 saturated carbocycles. The smallest absolute Gasteiger partial charge is 0.268 e. The van der Waals surface area contributed by atoms with Gasteiger partial charge in [-0.2, -0.15) is 13.2 Å². The normalized spacial score (nSPS) is 12.3. The van der Waals surface area contributed by atoms with Gasteiger partial charge in [-0.05, 0) is 47.4 Å². The van der Waals surface area contributed by atoms with Gasteiger partial charge < -0.3 is 0 Å². The lowest BCUT2D eigenvalue weighted by atomic mass is 10.0. The molecule has 0 N–H and O–H groups in total. The van der Waals surface area contributed by atoms with Crippen LogP contribution in [0.15, 0.2) is 39.3 Å². The molecule has 0 radical (unpaired) electrons. The molecule has 8 heteroatoms. The number of aromatic nitrogens is 2. The van der Waals surface area contributed by atoms with Crippen LogP contribution < -0.4 is 5.56 Å². The van der Waals surface area contributed by atoms with Gasteiger partial charge in [0.25, 0.3) is 5.56 Å². The van der Waals surface area contributed by atoms with Crippen molar-refractivity contribution < 1.29 is 13.2 Å². The van der Waals surface area contributed by atoms with Crippen molar-refractivity contribution in [2.75, 3.05) is 6.26 Å². The van der Waals surface area contributed by atoms with Gasteiger partial charge in [-0.1, -0.05) is 13.8 Å². The van der Waals surface area contributed by atoms with Crippen molar-refractivity contribution in [2.24, 2.45) is 0 Å². The number of rotatable bonds is 3. The average molecular weight is 384 g/mol. The lowest BCUT2D eigenvalue weighted by Gasteiger charge is -2.15. The van der Waals surface area contributed by atoms with Crippen LogP contribution in [0, 0.1) is 0 Å². The number of nitrogens with zero attached hydrogens (tertiary/aromatic N) is 2. The summed E-state index contributed by atoms with van der Waals surface area (Å²) in [5, 5.41) is 1.98. The molecule has 2 heterocycles. The van der Waals surface area contributed by atoms with Crippen LogP contribution >= 0.6 is 23.1 Å². The predicted molar refractivity (Wildman–Crippen MR) is 96.1 cm³/mol. The molecule has 0 atom stereocenters. The first-order chi connectivity index (χ1) is 11.7. The molecule has 132 valence electrons. The first kappa shape index (κ1) is 18.0. The van der Waals surface area contributed by atoms with Crippen molar-refractivity contribution in [2.45, 2.75) is 30.8 Å². The summed E-state index contributed by atoms with van der Waals surface area (Å²) >= 11 is 2.54. The molecule has 3 aromatic rings. The largest absolute Gasteiger partial charge is 0.450 e. The molecule has 0 unspecified atom stereocenters. The highest BCUT2D eigenvalue weighted by Crippen LogP contribution is 2.33. The topological polar surface area (TPSA) is 34.9 Å². The molecule has 0 aliphatic heterocycles. The summed E-state index contributed by atoms with van der Waals surface area (Å²) in [5.41, 5.74) is 0.199. The minimum Gasteiger partial charge on any atom is -0.268 e. The number of halogens is 3. The third-order valence-electron chi connectivity index (χ3n) is 3.84. The zero-order valence-electron chi connectivity index (χ0n) is 13.7. The number of alkyl halides is 3. The van der Waals surface area contributed by atoms with E-state index in [-0.39, 0.29) is 21.8 Å². The third-order valence-corrected chi connectivity index (χ3v) is 5.48. The molecular formula is C17H15F3N2OS2. The van der Waals surface area contributed by atoms with E-state index in [4.69, 9.17) is 0 Å². The highest BCUT2D eigenvalue weighted by Gasteiger charge is 2.38. The Bertz CT molecular complexity index is 972. The molecule has 1 aromatic carbocycles. The van der Waals surface area contributed by atoms with E-state index in [0.717, 1.165) is 21.8 Å². The Hall–Kier alpha value is -1.80. The lowest BCUT2D eigenvalue weighted by Crippen LogP contribution is -2.28. The lowest BCUT2D eigenvalue weighted by molar-refractivity contribution is -0.146. The molecule has 3 rings (SSSR count). The van der Waals surface area contributed by atoms with E-state index >= 15 is 0 Å². The summed E-state index contributed by atoms with van der Waals surface area (Å²) in [6.45, 7) is 3.80. The fourth-order valence-electron chi connectivity index (χ4n) is 2.60. The molecule has 0 aliphatic rings. The summed E-state index contributed by atoms with van der Waals surface area (Å²) < 4.78 is 41.3. The first-order valence-electron chi connectivity index (χ1n) is 7.49. The Morgan fingerprint density at radius 2 is 1.84 bits per heavy atom. The van der Waals surface area contributed by atoms with E-state index in [1.807, 2.05) is 20.1 Å². The SMILES string of the molecule is CSc1ccc(-n2c(C(F)(F)F)nc3scc(C(C)C)c3c2=O)cc1. The van der Waals surface area contributed by atoms with Crippen LogP contribution in [0.25, 0.3) is 15.9 Å². The molecule has 0 aliphatic carbocycles. The molecule has 3 nitrogen and oxygen atoms in total. The predicted octanol–water partition coefficient (Wildman–Crippen LogP) is 5.31. The van der Waals surface area contributed by atoms with Crippen LogP contribution in [-0.2, 0) is 6.18 Å². The van der Waals surface area contributed by atoms with E-state index < -0.39 is 17.6 Å². The molecule has 25 heavy (non-hydrogen) atoms. The van der Waals surface area contributed by atoms with Crippen LogP contribution in [0.5, 0.6) is 0 Å². The zero-order chi connectivity index (χ0) is 18.4. The van der Waals surface area contributed by atoms with Gasteiger partial charge in [0.1, 0.15) is 4.83 Å². The Kier molecular flexibility index (Phi) is 4.68. The quantitative estimate of drug-likeness (QED) is 0.574.